The summed E-state index contributed by atoms with van der Waals surface area (Å²) in [6.45, 7) is 0. The van der Waals surface area contributed by atoms with Gasteiger partial charge in [-0.2, -0.15) is 0 Å². The Balaban J connectivity index is 1.91. The van der Waals surface area contributed by atoms with E-state index in [2.05, 4.69) is 48.5 Å². The van der Waals surface area contributed by atoms with Crippen LogP contribution in [0.15, 0.2) is 109 Å². The van der Waals surface area contributed by atoms with Crippen molar-refractivity contribution in [3.63, 3.8) is 0 Å². The van der Waals surface area contributed by atoms with Gasteiger partial charge in [0.05, 0.1) is 0 Å². The van der Waals surface area contributed by atoms with Crippen LogP contribution < -0.4 is 4.81 Å². The van der Waals surface area contributed by atoms with Crippen LogP contribution in [-0.4, -0.2) is 5.68 Å². The van der Waals surface area contributed by atoms with Gasteiger partial charge in [0.15, 0.2) is 0 Å². The molecule has 0 spiro atoms. The van der Waals surface area contributed by atoms with Crippen LogP contribution in [0, 0.1) is 0 Å². The van der Waals surface area contributed by atoms with Gasteiger partial charge in [0.2, 0.25) is 0 Å². The molecule has 4 aromatic carbocycles. The Labute approximate surface area is 176 Å². The first-order valence-electron chi connectivity index (χ1n) is 9.12. The number of hydrogen-bond donors (Lipinski definition) is 0. The van der Waals surface area contributed by atoms with Crippen LogP contribution in [0.5, 0.6) is 0 Å². The number of benzene rings is 4. The van der Waals surface area contributed by atoms with Crippen LogP contribution in [0.1, 0.15) is 0 Å². The summed E-state index contributed by atoms with van der Waals surface area (Å²) >= 11 is 13.0. The summed E-state index contributed by atoms with van der Waals surface area (Å²) in [5, 5.41) is 0. The zero-order chi connectivity index (χ0) is 19.3. The Kier molecular flexibility index (Phi) is 5.71. The van der Waals surface area contributed by atoms with Gasteiger partial charge in [0.25, 0.3) is 0 Å². The van der Waals surface area contributed by atoms with E-state index in [4.69, 9.17) is 22.9 Å². The van der Waals surface area contributed by atoms with Crippen molar-refractivity contribution in [1.82, 2.24) is 0 Å². The summed E-state index contributed by atoms with van der Waals surface area (Å²) in [5.41, 5.74) is 5.59. The first-order valence-corrected chi connectivity index (χ1v) is 9.99. The van der Waals surface area contributed by atoms with E-state index in [9.17, 15) is 0 Å². The molecule has 0 bridgehead atoms. The van der Waals surface area contributed by atoms with Gasteiger partial charge in [0.1, 0.15) is 0 Å². The van der Waals surface area contributed by atoms with Gasteiger partial charge in [0, 0.05) is 22.5 Å². The van der Waals surface area contributed by atoms with E-state index in [1.165, 1.54) is 0 Å². The van der Waals surface area contributed by atoms with Gasteiger partial charge in [-0.15, -0.1) is 22.9 Å². The quantitative estimate of drug-likeness (QED) is 0.311. The lowest BCUT2D eigenvalue weighted by Gasteiger charge is -2.29. The summed E-state index contributed by atoms with van der Waals surface area (Å²) in [5.74, 6) is 0. The molecule has 0 atom stereocenters. The molecule has 0 aromatic heterocycles. The first kappa shape index (κ1) is 18.7. The molecule has 28 heavy (non-hydrogen) atoms. The summed E-state index contributed by atoms with van der Waals surface area (Å²) in [6, 6.07) is 36.9. The molecular formula is C24H18BCl2N. The second kappa shape index (κ2) is 8.56. The zero-order valence-electron chi connectivity index (χ0n) is 15.2. The minimum atomic E-state index is -0.741. The largest absolute Gasteiger partial charge is 0.472 e. The van der Waals surface area contributed by atoms with Crippen molar-refractivity contribution in [2.75, 3.05) is 4.81 Å². The van der Waals surface area contributed by atoms with Gasteiger partial charge in [-0.05, 0) is 23.3 Å². The number of halogens is 2. The van der Waals surface area contributed by atoms with Crippen molar-refractivity contribution in [1.29, 1.82) is 0 Å². The highest BCUT2D eigenvalue weighted by molar-refractivity contribution is 7.35. The summed E-state index contributed by atoms with van der Waals surface area (Å²) in [7, 11) is 0. The second-order valence-corrected chi connectivity index (χ2v) is 7.46. The zero-order valence-corrected chi connectivity index (χ0v) is 16.7. The number of hydrogen-bond acceptors (Lipinski definition) is 1. The normalized spacial score (nSPS) is 10.5. The monoisotopic (exact) mass is 401 g/mol. The molecular weight excluding hydrogens is 384 g/mol. The molecule has 4 aromatic rings. The number of rotatable bonds is 5. The standard InChI is InChI=1S/C24H18BCl2N/c26-25(27)28(23-17-9-7-15-21(23)19-11-3-1-4-12-19)24-18-10-8-16-22(24)20-13-5-2-6-14-20/h1-18H. The van der Waals surface area contributed by atoms with E-state index in [1.807, 2.05) is 65.5 Å². The summed E-state index contributed by atoms with van der Waals surface area (Å²) < 4.78 is 0. The summed E-state index contributed by atoms with van der Waals surface area (Å²) in [4.78, 5) is 1.98. The van der Waals surface area contributed by atoms with Crippen molar-refractivity contribution < 1.29 is 0 Å². The lowest BCUT2D eigenvalue weighted by Crippen LogP contribution is -2.27. The minimum absolute atomic E-state index is 0.741. The molecule has 1 nitrogen and oxygen atoms in total. The Morgan fingerprint density at radius 3 is 1.21 bits per heavy atom. The average Bonchev–Trinajstić information content (AvgIpc) is 2.76. The van der Waals surface area contributed by atoms with Crippen LogP contribution in [0.2, 0.25) is 0 Å². The topological polar surface area (TPSA) is 3.24 Å². The Hall–Kier alpha value is -2.68. The van der Waals surface area contributed by atoms with Crippen LogP contribution in [0.4, 0.5) is 11.4 Å². The van der Waals surface area contributed by atoms with E-state index in [-0.39, 0.29) is 0 Å². The lowest BCUT2D eigenvalue weighted by molar-refractivity contribution is 1.40. The van der Waals surface area contributed by atoms with Gasteiger partial charge in [-0.3, -0.25) is 0 Å². The van der Waals surface area contributed by atoms with Crippen LogP contribution in [0.25, 0.3) is 22.3 Å². The molecule has 0 saturated heterocycles. The maximum Gasteiger partial charge on any atom is 0.472 e. The molecule has 0 amide bonds. The number of nitrogens with zero attached hydrogens (tertiary/aromatic N) is 1. The van der Waals surface area contributed by atoms with Crippen LogP contribution in [-0.2, 0) is 0 Å². The number of para-hydroxylation sites is 2. The van der Waals surface area contributed by atoms with Crippen molar-refractivity contribution >= 4 is 40.0 Å². The van der Waals surface area contributed by atoms with E-state index in [0.717, 1.165) is 33.6 Å². The van der Waals surface area contributed by atoms with Gasteiger partial charge >= 0.3 is 5.68 Å². The molecule has 0 radical (unpaired) electrons. The van der Waals surface area contributed by atoms with Crippen molar-refractivity contribution in [2.45, 2.75) is 0 Å². The fourth-order valence-corrected chi connectivity index (χ4v) is 3.85. The molecule has 0 fully saturated rings. The molecule has 0 aliphatic heterocycles. The fourth-order valence-electron chi connectivity index (χ4n) is 3.43. The predicted molar refractivity (Wildman–Crippen MR) is 123 cm³/mol. The maximum absolute atomic E-state index is 6.52. The molecule has 0 aliphatic rings. The van der Waals surface area contributed by atoms with Crippen molar-refractivity contribution in [3.05, 3.63) is 109 Å². The van der Waals surface area contributed by atoms with Gasteiger partial charge in [-0.25, -0.2) is 0 Å². The summed E-state index contributed by atoms with van der Waals surface area (Å²) in [6.07, 6.45) is 0. The molecule has 0 aliphatic carbocycles. The Morgan fingerprint density at radius 2 is 0.821 bits per heavy atom. The van der Waals surface area contributed by atoms with Crippen molar-refractivity contribution in [3.8, 4) is 22.3 Å². The van der Waals surface area contributed by atoms with Crippen molar-refractivity contribution in [2.24, 2.45) is 0 Å². The molecule has 136 valence electrons. The Bertz CT molecular complexity index is 969. The van der Waals surface area contributed by atoms with E-state index in [0.29, 0.717) is 0 Å². The SMILES string of the molecule is ClB(Cl)N(c1ccccc1-c1ccccc1)c1ccccc1-c1ccccc1. The highest BCUT2D eigenvalue weighted by Gasteiger charge is 2.26. The third-order valence-corrected chi connectivity index (χ3v) is 5.08. The average molecular weight is 402 g/mol. The van der Waals surface area contributed by atoms with Crippen LogP contribution >= 0.6 is 22.9 Å². The molecule has 4 rings (SSSR count). The highest BCUT2D eigenvalue weighted by atomic mass is 35.5. The fraction of sp³-hybridized carbons (Fsp3) is 0. The third kappa shape index (κ3) is 3.80. The maximum atomic E-state index is 6.52. The van der Waals surface area contributed by atoms with E-state index in [1.54, 1.807) is 0 Å². The van der Waals surface area contributed by atoms with Gasteiger partial charge in [-0.1, -0.05) is 97.1 Å². The lowest BCUT2D eigenvalue weighted by atomic mass is 9.97. The van der Waals surface area contributed by atoms with Crippen LogP contribution in [0.3, 0.4) is 0 Å². The third-order valence-electron chi connectivity index (χ3n) is 4.69. The van der Waals surface area contributed by atoms with E-state index < -0.39 is 5.68 Å². The second-order valence-electron chi connectivity index (χ2n) is 6.41. The number of anilines is 2. The minimum Gasteiger partial charge on any atom is -0.357 e. The molecule has 0 heterocycles. The predicted octanol–water partition coefficient (Wildman–Crippen LogP) is 7.62. The Morgan fingerprint density at radius 1 is 0.464 bits per heavy atom. The first-order chi connectivity index (χ1) is 13.8. The molecule has 0 N–H and O–H groups in total. The smallest absolute Gasteiger partial charge is 0.357 e. The molecule has 0 saturated carbocycles. The molecule has 0 unspecified atom stereocenters. The highest BCUT2D eigenvalue weighted by Crippen LogP contribution is 2.41. The molecule has 4 heteroatoms. The van der Waals surface area contributed by atoms with E-state index >= 15 is 0 Å². The van der Waals surface area contributed by atoms with Gasteiger partial charge < -0.3 is 4.81 Å².